The van der Waals surface area contributed by atoms with Crippen LogP contribution in [0.5, 0.6) is 11.5 Å². The van der Waals surface area contributed by atoms with Crippen molar-refractivity contribution in [3.63, 3.8) is 0 Å². The van der Waals surface area contributed by atoms with Crippen molar-refractivity contribution in [2.24, 2.45) is 0 Å². The van der Waals surface area contributed by atoms with Gasteiger partial charge in [0.2, 0.25) is 0 Å². The van der Waals surface area contributed by atoms with Crippen LogP contribution in [0.4, 0.5) is 10.1 Å². The molecule has 0 saturated heterocycles. The van der Waals surface area contributed by atoms with E-state index in [1.54, 1.807) is 36.4 Å². The standard InChI is InChI=1S/C20H16FNO2/c1-14-6-10-16(11-7-14)24-17-12-8-15(9-13-17)20(23)22-19-5-3-2-4-18(19)21/h2-13H,1H3,(H,22,23). The summed E-state index contributed by atoms with van der Waals surface area (Å²) in [7, 11) is 0. The molecule has 120 valence electrons. The molecule has 0 fully saturated rings. The van der Waals surface area contributed by atoms with Crippen molar-refractivity contribution in [3.8, 4) is 11.5 Å². The minimum Gasteiger partial charge on any atom is -0.457 e. The van der Waals surface area contributed by atoms with Gasteiger partial charge in [-0.25, -0.2) is 4.39 Å². The molecule has 0 saturated carbocycles. The molecule has 0 aliphatic rings. The van der Waals surface area contributed by atoms with Crippen LogP contribution in [0.1, 0.15) is 15.9 Å². The molecule has 0 radical (unpaired) electrons. The molecular formula is C20H16FNO2. The summed E-state index contributed by atoms with van der Waals surface area (Å²) in [6, 6.07) is 20.4. The van der Waals surface area contributed by atoms with E-state index in [9.17, 15) is 9.18 Å². The molecule has 3 rings (SSSR count). The molecule has 0 heterocycles. The van der Waals surface area contributed by atoms with Crippen molar-refractivity contribution in [2.45, 2.75) is 6.92 Å². The molecule has 24 heavy (non-hydrogen) atoms. The average Bonchev–Trinajstić information content (AvgIpc) is 2.59. The Hall–Kier alpha value is -3.14. The lowest BCUT2D eigenvalue weighted by Crippen LogP contribution is -2.12. The van der Waals surface area contributed by atoms with E-state index in [0.29, 0.717) is 11.3 Å². The second kappa shape index (κ2) is 6.96. The fourth-order valence-corrected chi connectivity index (χ4v) is 2.17. The van der Waals surface area contributed by atoms with E-state index >= 15 is 0 Å². The molecule has 3 aromatic carbocycles. The third-order valence-electron chi connectivity index (χ3n) is 3.50. The van der Waals surface area contributed by atoms with Crippen molar-refractivity contribution < 1.29 is 13.9 Å². The highest BCUT2D eigenvalue weighted by atomic mass is 19.1. The lowest BCUT2D eigenvalue weighted by Gasteiger charge is -2.08. The summed E-state index contributed by atoms with van der Waals surface area (Å²) in [5, 5.41) is 2.55. The van der Waals surface area contributed by atoms with Gasteiger partial charge in [-0.1, -0.05) is 29.8 Å². The van der Waals surface area contributed by atoms with E-state index < -0.39 is 5.82 Å². The largest absolute Gasteiger partial charge is 0.457 e. The van der Waals surface area contributed by atoms with Gasteiger partial charge >= 0.3 is 0 Å². The second-order valence-electron chi connectivity index (χ2n) is 5.37. The van der Waals surface area contributed by atoms with E-state index in [1.165, 1.54) is 12.1 Å². The number of amides is 1. The summed E-state index contributed by atoms with van der Waals surface area (Å²) >= 11 is 0. The van der Waals surface area contributed by atoms with E-state index in [-0.39, 0.29) is 11.6 Å². The maximum absolute atomic E-state index is 13.6. The number of hydrogen-bond acceptors (Lipinski definition) is 2. The molecule has 3 aromatic rings. The Morgan fingerprint density at radius 2 is 1.46 bits per heavy atom. The number of benzene rings is 3. The number of ether oxygens (including phenoxy) is 1. The molecule has 0 aliphatic heterocycles. The van der Waals surface area contributed by atoms with Gasteiger partial charge in [-0.05, 0) is 55.5 Å². The predicted octanol–water partition coefficient (Wildman–Crippen LogP) is 5.18. The van der Waals surface area contributed by atoms with Gasteiger partial charge in [0, 0.05) is 5.56 Å². The monoisotopic (exact) mass is 321 g/mol. The highest BCUT2D eigenvalue weighted by molar-refractivity contribution is 6.04. The van der Waals surface area contributed by atoms with Crippen molar-refractivity contribution in [3.05, 3.63) is 89.7 Å². The van der Waals surface area contributed by atoms with Crippen molar-refractivity contribution in [2.75, 3.05) is 5.32 Å². The van der Waals surface area contributed by atoms with Crippen LogP contribution < -0.4 is 10.1 Å². The summed E-state index contributed by atoms with van der Waals surface area (Å²) in [4.78, 5) is 12.2. The highest BCUT2D eigenvalue weighted by Gasteiger charge is 2.09. The molecule has 3 nitrogen and oxygen atoms in total. The van der Waals surface area contributed by atoms with Gasteiger partial charge < -0.3 is 10.1 Å². The third kappa shape index (κ3) is 3.79. The normalized spacial score (nSPS) is 10.2. The number of halogens is 1. The van der Waals surface area contributed by atoms with Gasteiger partial charge in [-0.15, -0.1) is 0 Å². The van der Waals surface area contributed by atoms with Crippen molar-refractivity contribution in [1.29, 1.82) is 0 Å². The molecule has 4 heteroatoms. The maximum Gasteiger partial charge on any atom is 0.255 e. The molecule has 1 N–H and O–H groups in total. The Bertz CT molecular complexity index is 842. The van der Waals surface area contributed by atoms with Crippen LogP contribution in [-0.2, 0) is 0 Å². The molecule has 0 atom stereocenters. The van der Waals surface area contributed by atoms with Crippen LogP contribution >= 0.6 is 0 Å². The van der Waals surface area contributed by atoms with E-state index in [0.717, 1.165) is 11.3 Å². The lowest BCUT2D eigenvalue weighted by molar-refractivity contribution is 0.102. The number of carbonyl (C=O) groups excluding carboxylic acids is 1. The first-order chi connectivity index (χ1) is 11.6. The molecule has 0 unspecified atom stereocenters. The zero-order chi connectivity index (χ0) is 16.9. The molecule has 0 bridgehead atoms. The smallest absolute Gasteiger partial charge is 0.255 e. The maximum atomic E-state index is 13.6. The number of anilines is 1. The van der Waals surface area contributed by atoms with E-state index in [2.05, 4.69) is 5.32 Å². The summed E-state index contributed by atoms with van der Waals surface area (Å²) in [6.07, 6.45) is 0. The first kappa shape index (κ1) is 15.7. The van der Waals surface area contributed by atoms with Crippen molar-refractivity contribution in [1.82, 2.24) is 0 Å². The van der Waals surface area contributed by atoms with Gasteiger partial charge in [0.05, 0.1) is 5.69 Å². The van der Waals surface area contributed by atoms with Crippen molar-refractivity contribution >= 4 is 11.6 Å². The number of aryl methyl sites for hydroxylation is 1. The summed E-state index contributed by atoms with van der Waals surface area (Å²) in [5.41, 5.74) is 1.74. The topological polar surface area (TPSA) is 38.3 Å². The summed E-state index contributed by atoms with van der Waals surface area (Å²) < 4.78 is 19.3. The lowest BCUT2D eigenvalue weighted by atomic mass is 10.2. The minimum absolute atomic E-state index is 0.155. The Morgan fingerprint density at radius 3 is 2.08 bits per heavy atom. The SMILES string of the molecule is Cc1ccc(Oc2ccc(C(=O)Nc3ccccc3F)cc2)cc1. The Labute approximate surface area is 139 Å². The Morgan fingerprint density at radius 1 is 0.875 bits per heavy atom. The highest BCUT2D eigenvalue weighted by Crippen LogP contribution is 2.22. The van der Waals surface area contributed by atoms with Gasteiger partial charge in [0.1, 0.15) is 17.3 Å². The first-order valence-electron chi connectivity index (χ1n) is 7.52. The molecule has 0 spiro atoms. The minimum atomic E-state index is -0.467. The van der Waals surface area contributed by atoms with Crippen LogP contribution in [0.15, 0.2) is 72.8 Å². The average molecular weight is 321 g/mol. The number of hydrogen-bond donors (Lipinski definition) is 1. The molecule has 1 amide bonds. The molecule has 0 aliphatic carbocycles. The fourth-order valence-electron chi connectivity index (χ4n) is 2.17. The van der Waals surface area contributed by atoms with Gasteiger partial charge in [0.25, 0.3) is 5.91 Å². The number of para-hydroxylation sites is 1. The van der Waals surface area contributed by atoms with Crippen LogP contribution in [0.25, 0.3) is 0 Å². The van der Waals surface area contributed by atoms with Gasteiger partial charge in [0.15, 0.2) is 0 Å². The molecular weight excluding hydrogens is 305 g/mol. The summed E-state index contributed by atoms with van der Waals surface area (Å²) in [5.74, 6) is 0.512. The zero-order valence-electron chi connectivity index (χ0n) is 13.1. The van der Waals surface area contributed by atoms with E-state index in [1.807, 2.05) is 31.2 Å². The second-order valence-corrected chi connectivity index (χ2v) is 5.37. The quantitative estimate of drug-likeness (QED) is 0.719. The Kier molecular flexibility index (Phi) is 4.57. The van der Waals surface area contributed by atoms with Gasteiger partial charge in [-0.3, -0.25) is 4.79 Å². The number of nitrogens with one attached hydrogen (secondary N) is 1. The first-order valence-corrected chi connectivity index (χ1v) is 7.52. The zero-order valence-corrected chi connectivity index (χ0v) is 13.1. The predicted molar refractivity (Wildman–Crippen MR) is 92.0 cm³/mol. The van der Waals surface area contributed by atoms with E-state index in [4.69, 9.17) is 4.74 Å². The number of rotatable bonds is 4. The van der Waals surface area contributed by atoms with Gasteiger partial charge in [-0.2, -0.15) is 0 Å². The Balaban J connectivity index is 1.68. The third-order valence-corrected chi connectivity index (χ3v) is 3.50. The van der Waals surface area contributed by atoms with Crippen LogP contribution in [0.2, 0.25) is 0 Å². The van der Waals surface area contributed by atoms with Crippen LogP contribution in [0, 0.1) is 12.7 Å². The fraction of sp³-hybridized carbons (Fsp3) is 0.0500. The van der Waals surface area contributed by atoms with Crippen LogP contribution in [-0.4, -0.2) is 5.91 Å². The number of carbonyl (C=O) groups is 1. The van der Waals surface area contributed by atoms with Crippen LogP contribution in [0.3, 0.4) is 0 Å². The summed E-state index contributed by atoms with van der Waals surface area (Å²) in [6.45, 7) is 2.01. The molecule has 0 aromatic heterocycles.